The van der Waals surface area contributed by atoms with Crippen LogP contribution in [0.5, 0.6) is 5.75 Å². The summed E-state index contributed by atoms with van der Waals surface area (Å²) in [6.07, 6.45) is 3.45. The molecule has 176 valence electrons. The third-order valence-corrected chi connectivity index (χ3v) is 7.47. The van der Waals surface area contributed by atoms with Gasteiger partial charge in [-0.2, -0.15) is 0 Å². The number of carboxylic acid groups (broad SMARTS) is 1. The Balaban J connectivity index is 1.89. The molecule has 0 spiro atoms. The van der Waals surface area contributed by atoms with Crippen molar-refractivity contribution in [2.45, 2.75) is 58.3 Å². The van der Waals surface area contributed by atoms with E-state index in [1.165, 1.54) is 0 Å². The SMILES string of the molecule is CC(C)COc1c(Br)cc(C2C3=C(CCCC3=O)N(CC(=O)O)C3=C2C(=O)CCC3)cc1Br. The lowest BCUT2D eigenvalue weighted by atomic mass is 9.71. The standard InChI is InChI=1S/C25H27Br2NO5/c1-13(2)12-33-25-15(26)9-14(10-16(25)27)22-23-17(5-3-7-19(23)29)28(11-21(31)32)18-6-4-8-20(30)24(18)22/h9-10,13,22H,3-8,11-12H2,1-2H3,(H,31,32). The van der Waals surface area contributed by atoms with Crippen LogP contribution in [0.3, 0.4) is 0 Å². The van der Waals surface area contributed by atoms with Crippen molar-refractivity contribution in [2.75, 3.05) is 13.2 Å². The van der Waals surface area contributed by atoms with E-state index in [1.54, 1.807) is 4.90 Å². The largest absolute Gasteiger partial charge is 0.491 e. The van der Waals surface area contributed by atoms with Crippen molar-refractivity contribution < 1.29 is 24.2 Å². The van der Waals surface area contributed by atoms with E-state index in [1.807, 2.05) is 12.1 Å². The van der Waals surface area contributed by atoms with Crippen LogP contribution < -0.4 is 4.74 Å². The highest BCUT2D eigenvalue weighted by atomic mass is 79.9. The highest BCUT2D eigenvalue weighted by molar-refractivity contribution is 9.11. The van der Waals surface area contributed by atoms with Gasteiger partial charge < -0.3 is 14.7 Å². The minimum atomic E-state index is -0.972. The van der Waals surface area contributed by atoms with Crippen molar-refractivity contribution in [3.63, 3.8) is 0 Å². The van der Waals surface area contributed by atoms with Gasteiger partial charge in [-0.15, -0.1) is 0 Å². The van der Waals surface area contributed by atoms with Crippen LogP contribution in [0, 0.1) is 5.92 Å². The molecule has 2 aliphatic carbocycles. The first-order valence-corrected chi connectivity index (χ1v) is 12.9. The fourth-order valence-corrected chi connectivity index (χ4v) is 6.46. The van der Waals surface area contributed by atoms with Crippen LogP contribution in [-0.2, 0) is 14.4 Å². The van der Waals surface area contributed by atoms with Crippen molar-refractivity contribution in [3.8, 4) is 5.75 Å². The van der Waals surface area contributed by atoms with Gasteiger partial charge in [0.05, 0.1) is 15.6 Å². The molecule has 33 heavy (non-hydrogen) atoms. The molecule has 6 nitrogen and oxygen atoms in total. The number of allylic oxidation sites excluding steroid dienone is 4. The van der Waals surface area contributed by atoms with Gasteiger partial charge in [-0.1, -0.05) is 13.8 Å². The number of hydrogen-bond donors (Lipinski definition) is 1. The van der Waals surface area contributed by atoms with Gasteiger partial charge >= 0.3 is 5.97 Å². The smallest absolute Gasteiger partial charge is 0.323 e. The predicted octanol–water partition coefficient (Wildman–Crippen LogP) is 5.74. The minimum Gasteiger partial charge on any atom is -0.491 e. The molecule has 0 saturated heterocycles. The van der Waals surface area contributed by atoms with Gasteiger partial charge in [0, 0.05) is 41.3 Å². The van der Waals surface area contributed by atoms with Gasteiger partial charge in [0.1, 0.15) is 12.3 Å². The van der Waals surface area contributed by atoms with Crippen molar-refractivity contribution in [2.24, 2.45) is 5.92 Å². The number of ketones is 2. The number of benzene rings is 1. The van der Waals surface area contributed by atoms with Crippen LogP contribution in [0.2, 0.25) is 0 Å². The summed E-state index contributed by atoms with van der Waals surface area (Å²) in [7, 11) is 0. The average molecular weight is 581 g/mol. The zero-order valence-electron chi connectivity index (χ0n) is 18.7. The summed E-state index contributed by atoms with van der Waals surface area (Å²) in [5.41, 5.74) is 3.50. The van der Waals surface area contributed by atoms with E-state index in [9.17, 15) is 19.5 Å². The maximum absolute atomic E-state index is 13.2. The van der Waals surface area contributed by atoms with Gasteiger partial charge in [-0.25, -0.2) is 0 Å². The number of halogens is 2. The van der Waals surface area contributed by atoms with E-state index in [2.05, 4.69) is 45.7 Å². The fraction of sp³-hybridized carbons (Fsp3) is 0.480. The number of nitrogens with zero attached hydrogens (tertiary/aromatic N) is 1. The van der Waals surface area contributed by atoms with Crippen LogP contribution in [0.1, 0.15) is 63.9 Å². The highest BCUT2D eigenvalue weighted by Crippen LogP contribution is 2.50. The number of ether oxygens (including phenoxy) is 1. The molecule has 4 rings (SSSR count). The van der Waals surface area contributed by atoms with E-state index < -0.39 is 11.9 Å². The molecule has 0 aromatic heterocycles. The number of Topliss-reactive ketones (excluding diaryl/α,β-unsaturated/α-hetero) is 2. The van der Waals surface area contributed by atoms with Crippen LogP contribution in [0.4, 0.5) is 0 Å². The summed E-state index contributed by atoms with van der Waals surface area (Å²) < 4.78 is 7.46. The molecule has 1 aromatic rings. The first-order valence-electron chi connectivity index (χ1n) is 11.3. The zero-order chi connectivity index (χ0) is 23.9. The molecule has 0 unspecified atom stereocenters. The molecule has 8 heteroatoms. The van der Waals surface area contributed by atoms with Crippen molar-refractivity contribution in [1.82, 2.24) is 4.90 Å². The van der Waals surface area contributed by atoms with Gasteiger partial charge in [0.2, 0.25) is 0 Å². The molecule has 0 fully saturated rings. The first-order chi connectivity index (χ1) is 15.7. The molecule has 0 amide bonds. The van der Waals surface area contributed by atoms with Crippen molar-refractivity contribution in [1.29, 1.82) is 0 Å². The Kier molecular flexibility index (Phi) is 7.15. The second kappa shape index (κ2) is 9.74. The van der Waals surface area contributed by atoms with Crippen LogP contribution in [0.25, 0.3) is 0 Å². The van der Waals surface area contributed by atoms with E-state index in [0.717, 1.165) is 25.9 Å². The molecule has 0 atom stereocenters. The Morgan fingerprint density at radius 3 is 2.00 bits per heavy atom. The van der Waals surface area contributed by atoms with Crippen molar-refractivity contribution >= 4 is 49.4 Å². The molecule has 0 radical (unpaired) electrons. The fourth-order valence-electron chi connectivity index (χ4n) is 5.01. The monoisotopic (exact) mass is 579 g/mol. The molecule has 3 aliphatic rings. The Hall–Kier alpha value is -1.93. The Labute approximate surface area is 210 Å². The summed E-state index contributed by atoms with van der Waals surface area (Å²) >= 11 is 7.24. The maximum Gasteiger partial charge on any atom is 0.323 e. The summed E-state index contributed by atoms with van der Waals surface area (Å²) in [4.78, 5) is 39.9. The number of aliphatic carboxylic acids is 1. The van der Waals surface area contributed by atoms with E-state index in [0.29, 0.717) is 67.9 Å². The first kappa shape index (κ1) is 24.2. The number of rotatable bonds is 6. The second-order valence-electron chi connectivity index (χ2n) is 9.21. The van der Waals surface area contributed by atoms with Gasteiger partial charge in [0.25, 0.3) is 0 Å². The number of carbonyl (C=O) groups is 3. The second-order valence-corrected chi connectivity index (χ2v) is 10.9. The van der Waals surface area contributed by atoms with Gasteiger partial charge in [0.15, 0.2) is 11.6 Å². The normalized spacial score (nSPS) is 19.2. The summed E-state index contributed by atoms with van der Waals surface area (Å²) in [6, 6.07) is 3.86. The van der Waals surface area contributed by atoms with Crippen LogP contribution >= 0.6 is 31.9 Å². The quantitative estimate of drug-likeness (QED) is 0.461. The molecule has 1 aromatic carbocycles. The molecular weight excluding hydrogens is 554 g/mol. The number of hydrogen-bond acceptors (Lipinski definition) is 5. The molecule has 0 saturated carbocycles. The average Bonchev–Trinajstić information content (AvgIpc) is 2.73. The number of carboxylic acids is 1. The van der Waals surface area contributed by atoms with Gasteiger partial charge in [-0.3, -0.25) is 14.4 Å². The molecule has 1 N–H and O–H groups in total. The third kappa shape index (κ3) is 4.69. The Bertz CT molecular complexity index is 1020. The maximum atomic E-state index is 13.2. The lowest BCUT2D eigenvalue weighted by Crippen LogP contribution is -2.41. The Morgan fingerprint density at radius 1 is 1.03 bits per heavy atom. The van der Waals surface area contributed by atoms with Gasteiger partial charge in [-0.05, 0) is 81.2 Å². The lowest BCUT2D eigenvalue weighted by molar-refractivity contribution is -0.138. The van der Waals surface area contributed by atoms with Crippen LogP contribution in [-0.4, -0.2) is 40.7 Å². The topological polar surface area (TPSA) is 83.9 Å². The summed E-state index contributed by atoms with van der Waals surface area (Å²) in [5.74, 6) is -0.429. The molecule has 1 aliphatic heterocycles. The Morgan fingerprint density at radius 2 is 1.55 bits per heavy atom. The minimum absolute atomic E-state index is 0.00561. The molecule has 0 bridgehead atoms. The zero-order valence-corrected chi connectivity index (χ0v) is 21.9. The number of carbonyl (C=O) groups excluding carboxylic acids is 2. The van der Waals surface area contributed by atoms with Crippen LogP contribution in [0.15, 0.2) is 43.6 Å². The van der Waals surface area contributed by atoms with E-state index in [-0.39, 0.29) is 18.1 Å². The highest BCUT2D eigenvalue weighted by Gasteiger charge is 2.43. The predicted molar refractivity (Wildman–Crippen MR) is 131 cm³/mol. The lowest BCUT2D eigenvalue weighted by Gasteiger charge is -2.43. The van der Waals surface area contributed by atoms with Crippen molar-refractivity contribution in [3.05, 3.63) is 49.2 Å². The molecule has 1 heterocycles. The van der Waals surface area contributed by atoms with E-state index >= 15 is 0 Å². The molecular formula is C25H27Br2NO5. The van der Waals surface area contributed by atoms with E-state index in [4.69, 9.17) is 4.74 Å². The summed E-state index contributed by atoms with van der Waals surface area (Å²) in [5, 5.41) is 9.57. The third-order valence-electron chi connectivity index (χ3n) is 6.29. The summed E-state index contributed by atoms with van der Waals surface area (Å²) in [6.45, 7) is 4.48.